The molecule has 0 unspecified atom stereocenters. The predicted octanol–water partition coefficient (Wildman–Crippen LogP) is 7.78. The van der Waals surface area contributed by atoms with E-state index in [1.807, 2.05) is 12.1 Å². The zero-order valence-corrected chi connectivity index (χ0v) is 29.4. The monoisotopic (exact) mass is 649 g/mol. The van der Waals surface area contributed by atoms with Crippen LogP contribution in [0.5, 0.6) is 0 Å². The second-order valence-electron chi connectivity index (χ2n) is 14.2. The van der Waals surface area contributed by atoms with Crippen LogP contribution in [-0.2, 0) is 6.67 Å². The molecule has 244 valence electrons. The SMILES string of the molecule is Cc1cc(C)c(C2=C3C=CC(=N3)C=c3ccc4n3Cn3c(ccc32)C(c2ccc(N)cc2)=C2C=CC(=N2)C=4c2c(C)cc(C)cc2C)c(C)c1. The number of hydrogen-bond donors (Lipinski definition) is 1. The van der Waals surface area contributed by atoms with Gasteiger partial charge in [-0.3, -0.25) is 0 Å². The van der Waals surface area contributed by atoms with Gasteiger partial charge in [0, 0.05) is 27.8 Å². The molecule has 5 heteroatoms. The summed E-state index contributed by atoms with van der Waals surface area (Å²) in [6.45, 7) is 13.8. The number of nitrogens with two attached hydrogens (primary N) is 1. The van der Waals surface area contributed by atoms with Crippen LogP contribution in [0, 0.1) is 41.5 Å². The van der Waals surface area contributed by atoms with E-state index in [0.717, 1.165) is 72.9 Å². The molecule has 50 heavy (non-hydrogen) atoms. The number of aromatic nitrogens is 2. The Morgan fingerprint density at radius 2 is 1.14 bits per heavy atom. The first-order valence-electron chi connectivity index (χ1n) is 17.3. The molecule has 2 N–H and O–H groups in total. The third kappa shape index (κ3) is 4.61. The molecule has 0 radical (unpaired) electrons. The van der Waals surface area contributed by atoms with Crippen LogP contribution >= 0.6 is 0 Å². The molecule has 6 heterocycles. The first kappa shape index (κ1) is 30.1. The van der Waals surface area contributed by atoms with E-state index < -0.39 is 0 Å². The van der Waals surface area contributed by atoms with E-state index in [0.29, 0.717) is 6.67 Å². The molecule has 3 aromatic carbocycles. The lowest BCUT2D eigenvalue weighted by Crippen LogP contribution is -2.34. The topological polar surface area (TPSA) is 60.6 Å². The molecule has 0 amide bonds. The number of aryl methyl sites for hydroxylation is 6. The minimum atomic E-state index is 0.604. The van der Waals surface area contributed by atoms with Gasteiger partial charge in [0.2, 0.25) is 0 Å². The third-order valence-electron chi connectivity index (χ3n) is 10.5. The van der Waals surface area contributed by atoms with E-state index in [1.165, 1.54) is 44.5 Å². The Morgan fingerprint density at radius 1 is 0.560 bits per heavy atom. The highest BCUT2D eigenvalue weighted by Gasteiger charge is 2.28. The summed E-state index contributed by atoms with van der Waals surface area (Å²) in [4.78, 5) is 10.8. The van der Waals surface area contributed by atoms with Gasteiger partial charge in [-0.2, -0.15) is 0 Å². The van der Waals surface area contributed by atoms with Crippen molar-refractivity contribution in [2.75, 3.05) is 5.73 Å². The number of nitrogen functional groups attached to an aromatic ring is 1. The fourth-order valence-electron chi connectivity index (χ4n) is 8.57. The molecule has 0 aliphatic carbocycles. The van der Waals surface area contributed by atoms with Gasteiger partial charge in [-0.25, -0.2) is 9.98 Å². The van der Waals surface area contributed by atoms with Crippen LogP contribution in [0.15, 0.2) is 118 Å². The van der Waals surface area contributed by atoms with Crippen molar-refractivity contribution >= 4 is 39.9 Å². The fraction of sp³-hybridized carbons (Fsp3) is 0.156. The Morgan fingerprint density at radius 3 is 1.80 bits per heavy atom. The molecule has 6 bridgehead atoms. The summed E-state index contributed by atoms with van der Waals surface area (Å²) >= 11 is 0. The van der Waals surface area contributed by atoms with Crippen LogP contribution in [0.1, 0.15) is 61.5 Å². The first-order valence-corrected chi connectivity index (χ1v) is 17.3. The van der Waals surface area contributed by atoms with Crippen LogP contribution in [0.3, 0.4) is 0 Å². The average Bonchev–Trinajstić information content (AvgIpc) is 3.87. The Kier molecular flexibility index (Phi) is 6.66. The van der Waals surface area contributed by atoms with Gasteiger partial charge in [0.15, 0.2) is 0 Å². The lowest BCUT2D eigenvalue weighted by atomic mass is 9.90. The molecule has 0 atom stereocenters. The van der Waals surface area contributed by atoms with Gasteiger partial charge in [-0.1, -0.05) is 47.5 Å². The Hall–Kier alpha value is -5.94. The van der Waals surface area contributed by atoms with Crippen molar-refractivity contribution < 1.29 is 0 Å². The molecular weight excluding hydrogens is 611 g/mol. The van der Waals surface area contributed by atoms with Crippen molar-refractivity contribution in [3.8, 4) is 0 Å². The Bertz CT molecular complexity index is 2610. The number of anilines is 1. The highest BCUT2D eigenvalue weighted by atomic mass is 15.2. The van der Waals surface area contributed by atoms with Gasteiger partial charge < -0.3 is 14.9 Å². The summed E-state index contributed by atoms with van der Waals surface area (Å²) in [6.07, 6.45) is 10.9. The Labute approximate surface area is 292 Å². The van der Waals surface area contributed by atoms with Crippen LogP contribution in [-0.4, -0.2) is 20.6 Å². The summed E-state index contributed by atoms with van der Waals surface area (Å²) in [5, 5.41) is 2.23. The number of aliphatic imine (C=N–C) groups is 2. The number of fused-ring (bicyclic) bond motifs is 2. The number of rotatable bonds is 3. The van der Waals surface area contributed by atoms with E-state index in [4.69, 9.17) is 15.7 Å². The predicted molar refractivity (Wildman–Crippen MR) is 208 cm³/mol. The lowest BCUT2D eigenvalue weighted by Gasteiger charge is -2.24. The number of benzene rings is 3. The van der Waals surface area contributed by atoms with E-state index >= 15 is 0 Å². The van der Waals surface area contributed by atoms with E-state index in [9.17, 15) is 0 Å². The van der Waals surface area contributed by atoms with Crippen LogP contribution in [0.4, 0.5) is 5.69 Å². The maximum absolute atomic E-state index is 6.23. The summed E-state index contributed by atoms with van der Waals surface area (Å²) in [5.74, 6) is 0. The quantitative estimate of drug-likeness (QED) is 0.200. The summed E-state index contributed by atoms with van der Waals surface area (Å²) < 4.78 is 4.93. The fourth-order valence-corrected chi connectivity index (χ4v) is 8.57. The molecule has 0 saturated carbocycles. The normalized spacial score (nSPS) is 15.8. The largest absolute Gasteiger partial charge is 0.399 e. The third-order valence-corrected chi connectivity index (χ3v) is 10.5. The zero-order chi connectivity index (χ0) is 34.4. The molecule has 0 spiro atoms. The molecule has 0 fully saturated rings. The van der Waals surface area contributed by atoms with Gasteiger partial charge in [0.25, 0.3) is 0 Å². The Balaban J connectivity index is 1.47. The molecule has 9 rings (SSSR count). The van der Waals surface area contributed by atoms with Gasteiger partial charge in [0.05, 0.1) is 39.6 Å². The molecule has 0 saturated heterocycles. The van der Waals surface area contributed by atoms with E-state index in [-0.39, 0.29) is 0 Å². The molecule has 5 aromatic rings. The van der Waals surface area contributed by atoms with Crippen molar-refractivity contribution in [2.24, 2.45) is 9.98 Å². The summed E-state index contributed by atoms with van der Waals surface area (Å²) in [5.41, 5.74) is 27.4. The van der Waals surface area contributed by atoms with Crippen molar-refractivity contribution in [3.63, 3.8) is 0 Å². The van der Waals surface area contributed by atoms with Crippen molar-refractivity contribution in [1.29, 1.82) is 0 Å². The minimum absolute atomic E-state index is 0.604. The number of nitrogens with zero attached hydrogens (tertiary/aromatic N) is 4. The van der Waals surface area contributed by atoms with Crippen molar-refractivity contribution in [1.82, 2.24) is 9.13 Å². The summed E-state index contributed by atoms with van der Waals surface area (Å²) in [6, 6.07) is 26.4. The highest BCUT2D eigenvalue weighted by molar-refractivity contribution is 6.31. The molecule has 2 aromatic heterocycles. The van der Waals surface area contributed by atoms with Gasteiger partial charge in [-0.05, 0) is 147 Å². The van der Waals surface area contributed by atoms with Crippen LogP contribution < -0.4 is 16.4 Å². The molecule has 4 aliphatic heterocycles. The zero-order valence-electron chi connectivity index (χ0n) is 29.4. The van der Waals surface area contributed by atoms with E-state index in [2.05, 4.69) is 142 Å². The standard InChI is InChI=1S/C45H39N5/c1-25-19-27(3)41(28(4)20-25)44-36-13-11-33(47-36)23-34-12-16-39-45(42-29(5)21-26(2)22-30(42)6)37-15-14-35(48-37)43(31-7-9-32(46)10-8-31)38-17-18-40(44)50(38)24-49(34)39/h7-23H,24,46H2,1-6H3. The average molecular weight is 650 g/mol. The second-order valence-corrected chi connectivity index (χ2v) is 14.2. The van der Waals surface area contributed by atoms with Crippen LogP contribution in [0.25, 0.3) is 22.8 Å². The van der Waals surface area contributed by atoms with E-state index in [1.54, 1.807) is 0 Å². The van der Waals surface area contributed by atoms with Crippen molar-refractivity contribution in [2.45, 2.75) is 48.2 Å². The van der Waals surface area contributed by atoms with Crippen LogP contribution in [0.2, 0.25) is 0 Å². The maximum atomic E-state index is 6.23. The summed E-state index contributed by atoms with van der Waals surface area (Å²) in [7, 11) is 0. The smallest absolute Gasteiger partial charge is 0.100 e. The number of hydrogen-bond acceptors (Lipinski definition) is 3. The lowest BCUT2D eigenvalue weighted by molar-refractivity contribution is 0.579. The first-order chi connectivity index (χ1) is 24.1. The second kappa shape index (κ2) is 11.0. The van der Waals surface area contributed by atoms with Crippen molar-refractivity contribution in [3.05, 3.63) is 181 Å². The molecule has 5 nitrogen and oxygen atoms in total. The van der Waals surface area contributed by atoms with Gasteiger partial charge in [-0.15, -0.1) is 0 Å². The van der Waals surface area contributed by atoms with Gasteiger partial charge >= 0.3 is 0 Å². The number of allylic oxidation sites excluding steroid dienone is 4. The molecular formula is C45H39N5. The van der Waals surface area contributed by atoms with Gasteiger partial charge in [0.1, 0.15) is 6.67 Å². The maximum Gasteiger partial charge on any atom is 0.100 e. The molecule has 4 aliphatic rings. The highest BCUT2D eigenvalue weighted by Crippen LogP contribution is 2.40. The minimum Gasteiger partial charge on any atom is -0.399 e.